The first-order chi connectivity index (χ1) is 19.5. The lowest BCUT2D eigenvalue weighted by molar-refractivity contribution is -0.265. The number of hydrogen-bond donors (Lipinski definition) is 3. The molecule has 222 valence electrons. The Labute approximate surface area is 235 Å². The molecule has 0 saturated carbocycles. The monoisotopic (exact) mass is 594 g/mol. The van der Waals surface area contributed by atoms with Gasteiger partial charge < -0.3 is 20.3 Å². The third-order valence-electron chi connectivity index (χ3n) is 6.47. The summed E-state index contributed by atoms with van der Waals surface area (Å²) in [5.41, 5.74) is -8.67. The van der Waals surface area contributed by atoms with Gasteiger partial charge in [-0.05, 0) is 63.2 Å². The van der Waals surface area contributed by atoms with Crippen LogP contribution >= 0.6 is 0 Å². The van der Waals surface area contributed by atoms with E-state index in [4.69, 9.17) is 4.74 Å². The molecule has 1 atom stereocenters. The van der Waals surface area contributed by atoms with Crippen LogP contribution in [0.5, 0.6) is 5.75 Å². The van der Waals surface area contributed by atoms with Gasteiger partial charge in [-0.25, -0.2) is 18.2 Å². The fourth-order valence-corrected chi connectivity index (χ4v) is 4.18. The maximum Gasteiger partial charge on any atom is 0.424 e. The van der Waals surface area contributed by atoms with Crippen LogP contribution in [0.3, 0.4) is 0 Å². The van der Waals surface area contributed by atoms with Crippen LogP contribution in [0.1, 0.15) is 41.2 Å². The number of aryl methyl sites for hydroxylation is 1. The zero-order chi connectivity index (χ0) is 31.2. The van der Waals surface area contributed by atoms with Crippen LogP contribution in [0.25, 0.3) is 22.2 Å². The number of nitrogens with zero attached hydrogens (tertiary/aromatic N) is 3. The predicted molar refractivity (Wildman–Crippen MR) is 138 cm³/mol. The van der Waals surface area contributed by atoms with Gasteiger partial charge in [0.05, 0.1) is 30.6 Å². The molecule has 2 heterocycles. The van der Waals surface area contributed by atoms with Gasteiger partial charge in [0.25, 0.3) is 5.91 Å². The van der Waals surface area contributed by atoms with E-state index in [1.165, 1.54) is 19.2 Å². The first-order valence-electron chi connectivity index (χ1n) is 12.2. The highest BCUT2D eigenvalue weighted by Gasteiger charge is 2.57. The van der Waals surface area contributed by atoms with Gasteiger partial charge in [0, 0.05) is 22.1 Å². The zero-order valence-corrected chi connectivity index (χ0v) is 22.6. The van der Waals surface area contributed by atoms with Crippen molar-refractivity contribution in [2.45, 2.75) is 38.1 Å². The van der Waals surface area contributed by atoms with Crippen LogP contribution in [-0.2, 0) is 11.2 Å². The number of nitrogens with one attached hydrogen (secondary N) is 1. The highest BCUT2D eigenvalue weighted by molar-refractivity contribution is 5.99. The number of carbonyl (C=O) groups is 1. The first-order valence-corrected chi connectivity index (χ1v) is 12.2. The number of carbonyl (C=O) groups excluding carboxylic acids is 1. The van der Waals surface area contributed by atoms with E-state index in [-0.39, 0.29) is 11.3 Å². The van der Waals surface area contributed by atoms with Crippen molar-refractivity contribution in [1.29, 1.82) is 0 Å². The van der Waals surface area contributed by atoms with Crippen LogP contribution < -0.4 is 10.1 Å². The molecule has 0 aliphatic carbocycles. The van der Waals surface area contributed by atoms with Crippen molar-refractivity contribution in [3.8, 4) is 17.0 Å². The number of pyridine rings is 1. The third kappa shape index (κ3) is 5.72. The molecular formula is C28H24F6N4O4. The Hall–Kier alpha value is -4.30. The van der Waals surface area contributed by atoms with Crippen LogP contribution in [0.2, 0.25) is 0 Å². The molecule has 1 amide bonds. The van der Waals surface area contributed by atoms with Gasteiger partial charge in [-0.15, -0.1) is 5.10 Å². The first kappa shape index (κ1) is 30.7. The Morgan fingerprint density at radius 2 is 1.67 bits per heavy atom. The molecule has 4 aromatic rings. The smallest absolute Gasteiger partial charge is 0.424 e. The van der Waals surface area contributed by atoms with Gasteiger partial charge in [0.15, 0.2) is 17.5 Å². The average Bonchev–Trinajstić information content (AvgIpc) is 2.91. The molecule has 2 aromatic carbocycles. The molecule has 2 aromatic heterocycles. The lowest BCUT2D eigenvalue weighted by Crippen LogP contribution is -2.51. The van der Waals surface area contributed by atoms with Crippen LogP contribution in [-0.4, -0.2) is 51.1 Å². The molecule has 0 aliphatic rings. The number of hydrogen-bond acceptors (Lipinski definition) is 7. The van der Waals surface area contributed by atoms with Crippen molar-refractivity contribution >= 4 is 16.8 Å². The number of amides is 1. The molecule has 0 spiro atoms. The Morgan fingerprint density at radius 3 is 2.26 bits per heavy atom. The Kier molecular flexibility index (Phi) is 7.91. The summed E-state index contributed by atoms with van der Waals surface area (Å²) in [7, 11) is 1.30. The van der Waals surface area contributed by atoms with E-state index in [0.29, 0.717) is 34.8 Å². The van der Waals surface area contributed by atoms with E-state index in [0.717, 1.165) is 19.9 Å². The quantitative estimate of drug-likeness (QED) is 0.263. The summed E-state index contributed by atoms with van der Waals surface area (Å²) in [6.45, 7) is 2.28. The highest BCUT2D eigenvalue weighted by atomic mass is 19.4. The fourth-order valence-electron chi connectivity index (χ4n) is 4.18. The SMILES string of the molecule is COc1cc(C(=O)NC[C@](O)(c2cc(C(C)(C)O)c(F)c(-c3ccc(F)c(F)c3)n2)C(F)(F)F)cc2cc(C)nnc12. The number of aliphatic hydroxyl groups is 2. The lowest BCUT2D eigenvalue weighted by Gasteiger charge is -2.32. The van der Waals surface area contributed by atoms with E-state index in [9.17, 15) is 37.0 Å². The Balaban J connectivity index is 1.80. The largest absolute Gasteiger partial charge is 0.494 e. The summed E-state index contributed by atoms with van der Waals surface area (Å²) < 4.78 is 91.4. The minimum Gasteiger partial charge on any atom is -0.494 e. The summed E-state index contributed by atoms with van der Waals surface area (Å²) in [5, 5.41) is 31.8. The summed E-state index contributed by atoms with van der Waals surface area (Å²) in [6, 6.07) is 6.63. The van der Waals surface area contributed by atoms with E-state index < -0.39 is 69.8 Å². The summed E-state index contributed by atoms with van der Waals surface area (Å²) >= 11 is 0. The molecule has 0 radical (unpaired) electrons. The second kappa shape index (κ2) is 10.8. The second-order valence-corrected chi connectivity index (χ2v) is 10.0. The molecule has 42 heavy (non-hydrogen) atoms. The minimum absolute atomic E-state index is 0.113. The van der Waals surface area contributed by atoms with Crippen LogP contribution in [0.15, 0.2) is 42.5 Å². The zero-order valence-electron chi connectivity index (χ0n) is 22.6. The number of alkyl halides is 3. The van der Waals surface area contributed by atoms with E-state index in [1.54, 1.807) is 13.0 Å². The topological polar surface area (TPSA) is 117 Å². The normalized spacial score (nSPS) is 13.6. The molecule has 0 bridgehead atoms. The van der Waals surface area contributed by atoms with Crippen molar-refractivity contribution in [3.63, 3.8) is 0 Å². The van der Waals surface area contributed by atoms with Crippen molar-refractivity contribution in [2.75, 3.05) is 13.7 Å². The van der Waals surface area contributed by atoms with Crippen LogP contribution in [0, 0.1) is 24.4 Å². The molecular weight excluding hydrogens is 570 g/mol. The number of halogens is 6. The number of ether oxygens (including phenoxy) is 1. The Morgan fingerprint density at radius 1 is 0.976 bits per heavy atom. The summed E-state index contributed by atoms with van der Waals surface area (Å²) in [5.74, 6) is -5.00. The second-order valence-electron chi connectivity index (χ2n) is 10.0. The van der Waals surface area contributed by atoms with E-state index in [2.05, 4.69) is 15.2 Å². The average molecular weight is 595 g/mol. The minimum atomic E-state index is -5.50. The van der Waals surface area contributed by atoms with Crippen molar-refractivity contribution in [2.24, 2.45) is 0 Å². The molecule has 3 N–H and O–H groups in total. The van der Waals surface area contributed by atoms with Gasteiger partial charge in [0.1, 0.15) is 17.0 Å². The van der Waals surface area contributed by atoms with Gasteiger partial charge >= 0.3 is 6.18 Å². The lowest BCUT2D eigenvalue weighted by atomic mass is 9.90. The van der Waals surface area contributed by atoms with Crippen molar-refractivity contribution in [1.82, 2.24) is 20.5 Å². The van der Waals surface area contributed by atoms with E-state index >= 15 is 4.39 Å². The molecule has 0 fully saturated rings. The number of benzene rings is 2. The number of aromatic nitrogens is 3. The van der Waals surface area contributed by atoms with Crippen molar-refractivity contribution < 1.29 is 46.1 Å². The highest BCUT2D eigenvalue weighted by Crippen LogP contribution is 2.41. The third-order valence-corrected chi connectivity index (χ3v) is 6.47. The Bertz CT molecular complexity index is 1690. The maximum atomic E-state index is 15.4. The number of methoxy groups -OCH3 is 1. The van der Waals surface area contributed by atoms with Gasteiger partial charge in [0.2, 0.25) is 5.60 Å². The van der Waals surface area contributed by atoms with Gasteiger partial charge in [-0.3, -0.25) is 4.79 Å². The van der Waals surface area contributed by atoms with E-state index in [1.807, 2.05) is 5.32 Å². The standard InChI is InChI=1S/C28H24F6N4O4/c1-13-7-15-8-16(10-20(42-4)23(15)38-37-13)25(39)35-12-27(41,28(32,33)34)21-11-17(26(2,3)40)22(31)24(36-21)14-5-6-18(29)19(30)9-14/h5-11,40-41H,12H2,1-4H3,(H,35,39)/t27-/m0/s1. The van der Waals surface area contributed by atoms with Gasteiger partial charge in [-0.1, -0.05) is 0 Å². The van der Waals surface area contributed by atoms with Crippen LogP contribution in [0.4, 0.5) is 26.3 Å². The molecule has 0 unspecified atom stereocenters. The van der Waals surface area contributed by atoms with Crippen molar-refractivity contribution in [3.05, 3.63) is 82.4 Å². The summed E-state index contributed by atoms with van der Waals surface area (Å²) in [4.78, 5) is 16.6. The number of rotatable bonds is 7. The molecule has 4 rings (SSSR count). The molecule has 0 saturated heterocycles. The maximum absolute atomic E-state index is 15.4. The predicted octanol–water partition coefficient (Wildman–Crippen LogP) is 4.83. The van der Waals surface area contributed by atoms with Gasteiger partial charge in [-0.2, -0.15) is 18.3 Å². The molecule has 14 heteroatoms. The fraction of sp³-hybridized carbons (Fsp3) is 0.286. The molecule has 8 nitrogen and oxygen atoms in total. The number of fused-ring (bicyclic) bond motifs is 1. The molecule has 0 aliphatic heterocycles. The summed E-state index contributed by atoms with van der Waals surface area (Å²) in [6.07, 6.45) is -5.50.